The molecular weight excluding hydrogens is 543 g/mol. The second-order valence-electron chi connectivity index (χ2n) is 8.69. The lowest BCUT2D eigenvalue weighted by Gasteiger charge is -2.13. The minimum absolute atomic E-state index is 0.0226. The highest BCUT2D eigenvalue weighted by atomic mass is 32.2. The van der Waals surface area contributed by atoms with E-state index >= 15 is 0 Å². The first-order chi connectivity index (χ1) is 19.9. The minimum Gasteiger partial charge on any atom is -0.493 e. The molecule has 4 aromatic rings. The fraction of sp³-hybridized carbons (Fsp3) is 0.0938. The van der Waals surface area contributed by atoms with Crippen molar-refractivity contribution in [2.24, 2.45) is 0 Å². The smallest absolute Gasteiger partial charge is 0.272 e. The van der Waals surface area contributed by atoms with Gasteiger partial charge in [0, 0.05) is 21.7 Å². The number of ketones is 1. The molecule has 9 heteroatoms. The van der Waals surface area contributed by atoms with Gasteiger partial charge < -0.3 is 20.1 Å². The number of Topliss-reactive ketones (excluding diaryl/α,β-unsaturated/α-hetero) is 1. The highest BCUT2D eigenvalue weighted by molar-refractivity contribution is 8.00. The van der Waals surface area contributed by atoms with Crippen LogP contribution in [0.4, 0.5) is 10.1 Å². The van der Waals surface area contributed by atoms with Gasteiger partial charge in [-0.25, -0.2) is 4.39 Å². The molecule has 0 aliphatic carbocycles. The third-order valence-electron chi connectivity index (χ3n) is 5.90. The Hall–Kier alpha value is -4.89. The van der Waals surface area contributed by atoms with Crippen molar-refractivity contribution in [3.63, 3.8) is 0 Å². The van der Waals surface area contributed by atoms with Gasteiger partial charge in [0.15, 0.2) is 17.3 Å². The summed E-state index contributed by atoms with van der Waals surface area (Å²) in [5.41, 5.74) is 1.97. The number of hydrogen-bond donors (Lipinski definition) is 2. The average molecular weight is 571 g/mol. The molecule has 0 heterocycles. The summed E-state index contributed by atoms with van der Waals surface area (Å²) in [6.07, 6.45) is 1.55. The number of nitrogens with one attached hydrogen (secondary N) is 2. The van der Waals surface area contributed by atoms with Gasteiger partial charge in [-0.15, -0.1) is 11.8 Å². The molecule has 4 aromatic carbocycles. The molecule has 4 rings (SSSR count). The van der Waals surface area contributed by atoms with Crippen LogP contribution in [-0.2, 0) is 4.79 Å². The summed E-state index contributed by atoms with van der Waals surface area (Å²) in [5, 5.41) is 5.51. The summed E-state index contributed by atoms with van der Waals surface area (Å²) in [6, 6.07) is 26.1. The first-order valence-electron chi connectivity index (χ1n) is 12.5. The van der Waals surface area contributed by atoms with E-state index in [4.69, 9.17) is 9.47 Å². The molecule has 0 radical (unpaired) electrons. The number of methoxy groups -OCH3 is 2. The van der Waals surface area contributed by atoms with Crippen LogP contribution in [0.1, 0.15) is 26.3 Å². The summed E-state index contributed by atoms with van der Waals surface area (Å²) in [7, 11) is 3.04. The lowest BCUT2D eigenvalue weighted by atomic mass is 10.1. The van der Waals surface area contributed by atoms with E-state index in [0.717, 1.165) is 4.90 Å². The molecule has 0 fully saturated rings. The molecule has 7 nitrogen and oxygen atoms in total. The zero-order chi connectivity index (χ0) is 29.2. The average Bonchev–Trinajstić information content (AvgIpc) is 3.00. The molecule has 0 atom stereocenters. The van der Waals surface area contributed by atoms with E-state index < -0.39 is 17.6 Å². The molecule has 0 saturated carbocycles. The van der Waals surface area contributed by atoms with E-state index in [9.17, 15) is 18.8 Å². The van der Waals surface area contributed by atoms with Gasteiger partial charge in [-0.2, -0.15) is 0 Å². The molecule has 0 saturated heterocycles. The highest BCUT2D eigenvalue weighted by Crippen LogP contribution is 2.28. The summed E-state index contributed by atoms with van der Waals surface area (Å²) in [5.74, 6) is -0.301. The fourth-order valence-electron chi connectivity index (χ4n) is 3.75. The van der Waals surface area contributed by atoms with Crippen LogP contribution >= 0.6 is 11.8 Å². The SMILES string of the molecule is COc1ccc(/C=C(\NC(=O)c2ccccc2)C(=O)Nc2ccc(SCC(=O)c3ccc(F)cc3)cc2)cc1OC. The third-order valence-corrected chi connectivity index (χ3v) is 6.91. The van der Waals surface area contributed by atoms with Gasteiger partial charge in [0.25, 0.3) is 11.8 Å². The minimum atomic E-state index is -0.532. The van der Waals surface area contributed by atoms with E-state index in [1.54, 1.807) is 78.9 Å². The fourth-order valence-corrected chi connectivity index (χ4v) is 4.55. The molecule has 0 aromatic heterocycles. The molecule has 2 amide bonds. The number of carbonyl (C=O) groups excluding carboxylic acids is 3. The topological polar surface area (TPSA) is 93.7 Å². The molecule has 208 valence electrons. The highest BCUT2D eigenvalue weighted by Gasteiger charge is 2.16. The summed E-state index contributed by atoms with van der Waals surface area (Å²) in [6.45, 7) is 0. The Bertz CT molecular complexity index is 1560. The Kier molecular flexibility index (Phi) is 9.90. The third kappa shape index (κ3) is 8.06. The van der Waals surface area contributed by atoms with Crippen molar-refractivity contribution in [1.29, 1.82) is 0 Å². The predicted octanol–water partition coefficient (Wildman–Crippen LogP) is 6.23. The normalized spacial score (nSPS) is 11.0. The van der Waals surface area contributed by atoms with Crippen molar-refractivity contribution in [1.82, 2.24) is 5.32 Å². The monoisotopic (exact) mass is 570 g/mol. The van der Waals surface area contributed by atoms with E-state index in [0.29, 0.717) is 33.9 Å². The van der Waals surface area contributed by atoms with Crippen molar-refractivity contribution >= 4 is 41.1 Å². The molecule has 0 aliphatic rings. The van der Waals surface area contributed by atoms with Crippen molar-refractivity contribution < 1.29 is 28.2 Å². The van der Waals surface area contributed by atoms with E-state index in [2.05, 4.69) is 10.6 Å². The van der Waals surface area contributed by atoms with E-state index in [1.807, 2.05) is 0 Å². The number of halogens is 1. The zero-order valence-electron chi connectivity index (χ0n) is 22.3. The number of benzene rings is 4. The Morgan fingerprint density at radius 3 is 2.15 bits per heavy atom. The number of rotatable bonds is 11. The molecule has 0 bridgehead atoms. The number of carbonyl (C=O) groups is 3. The standard InChI is InChI=1S/C32H27FN2O5S/c1-39-29-17-8-21(19-30(29)40-2)18-27(35-31(37)23-6-4-3-5-7-23)32(38)34-25-13-15-26(16-14-25)41-20-28(36)22-9-11-24(33)12-10-22/h3-19H,20H2,1-2H3,(H,34,38)(H,35,37)/b27-18-. The quantitative estimate of drug-likeness (QED) is 0.126. The number of ether oxygens (including phenoxy) is 2. The molecule has 0 spiro atoms. The number of amides is 2. The first kappa shape index (κ1) is 29.1. The van der Waals surface area contributed by atoms with Gasteiger partial charge >= 0.3 is 0 Å². The van der Waals surface area contributed by atoms with Crippen LogP contribution in [0.25, 0.3) is 6.08 Å². The van der Waals surface area contributed by atoms with Crippen molar-refractivity contribution in [3.05, 3.63) is 125 Å². The number of anilines is 1. The lowest BCUT2D eigenvalue weighted by Crippen LogP contribution is -2.30. The second-order valence-corrected chi connectivity index (χ2v) is 9.74. The van der Waals surface area contributed by atoms with Crippen LogP contribution in [0, 0.1) is 5.82 Å². The Morgan fingerprint density at radius 1 is 0.805 bits per heavy atom. The maximum atomic E-state index is 13.3. The lowest BCUT2D eigenvalue weighted by molar-refractivity contribution is -0.113. The van der Waals surface area contributed by atoms with Crippen molar-refractivity contribution in [2.75, 3.05) is 25.3 Å². The maximum Gasteiger partial charge on any atom is 0.272 e. The van der Waals surface area contributed by atoms with Crippen LogP contribution in [0.2, 0.25) is 0 Å². The van der Waals surface area contributed by atoms with Crippen LogP contribution < -0.4 is 20.1 Å². The van der Waals surface area contributed by atoms with Gasteiger partial charge in [0.1, 0.15) is 11.5 Å². The van der Waals surface area contributed by atoms with E-state index in [1.165, 1.54) is 50.2 Å². The van der Waals surface area contributed by atoms with E-state index in [-0.39, 0.29) is 17.2 Å². The van der Waals surface area contributed by atoms with Crippen LogP contribution in [0.3, 0.4) is 0 Å². The van der Waals surface area contributed by atoms with Crippen LogP contribution in [-0.4, -0.2) is 37.6 Å². The van der Waals surface area contributed by atoms with Crippen molar-refractivity contribution in [3.8, 4) is 11.5 Å². The van der Waals surface area contributed by atoms with Gasteiger partial charge in [-0.05, 0) is 84.4 Å². The molecule has 0 aliphatic heterocycles. The van der Waals surface area contributed by atoms with Gasteiger partial charge in [0.05, 0.1) is 20.0 Å². The van der Waals surface area contributed by atoms with Crippen molar-refractivity contribution in [2.45, 2.75) is 4.90 Å². The summed E-state index contributed by atoms with van der Waals surface area (Å²) >= 11 is 1.33. The summed E-state index contributed by atoms with van der Waals surface area (Å²) < 4.78 is 23.8. The van der Waals surface area contributed by atoms with Crippen LogP contribution in [0.15, 0.2) is 108 Å². The Labute approximate surface area is 241 Å². The molecule has 2 N–H and O–H groups in total. The summed E-state index contributed by atoms with van der Waals surface area (Å²) in [4.78, 5) is 39.4. The second kappa shape index (κ2) is 14.0. The van der Waals surface area contributed by atoms with Gasteiger partial charge in [0.2, 0.25) is 0 Å². The largest absolute Gasteiger partial charge is 0.493 e. The zero-order valence-corrected chi connectivity index (χ0v) is 23.2. The first-order valence-corrected chi connectivity index (χ1v) is 13.5. The van der Waals surface area contributed by atoms with Gasteiger partial charge in [-0.3, -0.25) is 14.4 Å². The molecular formula is C32H27FN2O5S. The maximum absolute atomic E-state index is 13.3. The van der Waals surface area contributed by atoms with Crippen LogP contribution in [0.5, 0.6) is 11.5 Å². The van der Waals surface area contributed by atoms with Gasteiger partial charge in [-0.1, -0.05) is 24.3 Å². The Balaban J connectivity index is 1.48. The molecule has 41 heavy (non-hydrogen) atoms. The predicted molar refractivity (Wildman–Crippen MR) is 158 cm³/mol. The Morgan fingerprint density at radius 2 is 1.49 bits per heavy atom. The number of thioether (sulfide) groups is 1. The molecule has 0 unspecified atom stereocenters. The number of hydrogen-bond acceptors (Lipinski definition) is 6.